The van der Waals surface area contributed by atoms with Crippen LogP contribution in [-0.4, -0.2) is 11.8 Å². The smallest absolute Gasteiger partial charge is 0.170 e. The molecule has 1 fully saturated rings. The van der Waals surface area contributed by atoms with Crippen molar-refractivity contribution in [1.82, 2.24) is 0 Å². The first kappa shape index (κ1) is 6.39. The van der Waals surface area contributed by atoms with E-state index in [9.17, 15) is 0 Å². The van der Waals surface area contributed by atoms with E-state index in [1.807, 2.05) is 6.92 Å². The Morgan fingerprint density at radius 2 is 2.56 bits per heavy atom. The largest absolute Gasteiger partial charge is 0.360 e. The van der Waals surface area contributed by atoms with Gasteiger partial charge < -0.3 is 4.74 Å². The Labute approximate surface area is 53.4 Å². The Kier molecular flexibility index (Phi) is 1.35. The molecular weight excluding hydrogens is 118 g/mol. The lowest BCUT2D eigenvalue weighted by molar-refractivity contribution is 0.312. The van der Waals surface area contributed by atoms with Crippen molar-refractivity contribution in [1.29, 1.82) is 0 Å². The van der Waals surface area contributed by atoms with E-state index in [0.717, 1.165) is 6.42 Å². The van der Waals surface area contributed by atoms with Crippen LogP contribution in [0.1, 0.15) is 20.3 Å². The number of hydrogen-bond donors (Lipinski definition) is 0. The molecule has 0 radical (unpaired) electrons. The Hall–Kier alpha value is -0.730. The summed E-state index contributed by atoms with van der Waals surface area (Å²) in [4.78, 5) is 2.67. The minimum Gasteiger partial charge on any atom is -0.360 e. The fourth-order valence-electron chi connectivity index (χ4n) is 0.893. The minimum absolute atomic E-state index is 0.147. The van der Waals surface area contributed by atoms with Gasteiger partial charge in [0.05, 0.1) is 6.10 Å². The molecule has 0 amide bonds. The van der Waals surface area contributed by atoms with E-state index in [1.54, 1.807) is 6.92 Å². The third-order valence-corrected chi connectivity index (χ3v) is 1.54. The van der Waals surface area contributed by atoms with E-state index in [2.05, 4.69) is 10.0 Å². The SMILES string of the molecule is CCC1OC1(C)N=[N+]=[N-]. The van der Waals surface area contributed by atoms with Gasteiger partial charge in [-0.25, -0.2) is 0 Å². The predicted molar refractivity (Wildman–Crippen MR) is 32.7 cm³/mol. The van der Waals surface area contributed by atoms with E-state index in [1.165, 1.54) is 0 Å². The number of hydrogen-bond acceptors (Lipinski definition) is 2. The van der Waals surface area contributed by atoms with Crippen molar-refractivity contribution in [3.05, 3.63) is 10.4 Å². The maximum absolute atomic E-state index is 8.03. The molecule has 1 aliphatic heterocycles. The Bertz CT molecular complexity index is 164. The van der Waals surface area contributed by atoms with Gasteiger partial charge in [-0.05, 0) is 18.9 Å². The Morgan fingerprint density at radius 1 is 1.89 bits per heavy atom. The summed E-state index contributed by atoms with van der Waals surface area (Å²) in [6, 6.07) is 0. The highest BCUT2D eigenvalue weighted by Gasteiger charge is 2.50. The molecule has 2 atom stereocenters. The standard InChI is InChI=1S/C5H9N3O/c1-3-4-5(2,9-4)7-8-6/h4H,3H2,1-2H3. The van der Waals surface area contributed by atoms with Gasteiger partial charge in [0.2, 0.25) is 0 Å². The average Bonchev–Trinajstić information content (AvgIpc) is 2.43. The van der Waals surface area contributed by atoms with Crippen molar-refractivity contribution in [3.8, 4) is 0 Å². The topological polar surface area (TPSA) is 61.3 Å². The van der Waals surface area contributed by atoms with Gasteiger partial charge in [0, 0.05) is 4.91 Å². The summed E-state index contributed by atoms with van der Waals surface area (Å²) < 4.78 is 5.07. The van der Waals surface area contributed by atoms with E-state index < -0.39 is 5.72 Å². The molecule has 0 spiro atoms. The van der Waals surface area contributed by atoms with Gasteiger partial charge in [-0.1, -0.05) is 12.0 Å². The summed E-state index contributed by atoms with van der Waals surface area (Å²) in [5, 5.41) is 3.48. The number of epoxide rings is 1. The first-order valence-electron chi connectivity index (χ1n) is 2.97. The van der Waals surface area contributed by atoms with Crippen LogP contribution in [0.5, 0.6) is 0 Å². The summed E-state index contributed by atoms with van der Waals surface area (Å²) >= 11 is 0. The molecule has 50 valence electrons. The second-order valence-electron chi connectivity index (χ2n) is 2.26. The molecule has 4 heteroatoms. The third kappa shape index (κ3) is 0.992. The number of rotatable bonds is 2. The second kappa shape index (κ2) is 1.90. The first-order valence-corrected chi connectivity index (χ1v) is 2.97. The zero-order chi connectivity index (χ0) is 6.91. The van der Waals surface area contributed by atoms with E-state index in [0.29, 0.717) is 0 Å². The molecule has 0 aromatic carbocycles. The van der Waals surface area contributed by atoms with Gasteiger partial charge in [0.25, 0.3) is 0 Å². The van der Waals surface area contributed by atoms with Crippen LogP contribution < -0.4 is 0 Å². The number of azide groups is 1. The van der Waals surface area contributed by atoms with Crippen LogP contribution in [0.15, 0.2) is 5.11 Å². The lowest BCUT2D eigenvalue weighted by atomic mass is 10.2. The van der Waals surface area contributed by atoms with Crippen LogP contribution in [0, 0.1) is 0 Å². The normalized spacial score (nSPS) is 39.6. The molecule has 1 heterocycles. The summed E-state index contributed by atoms with van der Waals surface area (Å²) in [5.74, 6) is 0. The van der Waals surface area contributed by atoms with Gasteiger partial charge in [0.15, 0.2) is 5.72 Å². The van der Waals surface area contributed by atoms with Gasteiger partial charge in [-0.3, -0.25) is 0 Å². The molecular formula is C5H9N3O. The third-order valence-electron chi connectivity index (χ3n) is 1.54. The highest BCUT2D eigenvalue weighted by atomic mass is 16.6. The fraction of sp³-hybridized carbons (Fsp3) is 1.00. The molecule has 0 bridgehead atoms. The van der Waals surface area contributed by atoms with Crippen molar-refractivity contribution >= 4 is 0 Å². The lowest BCUT2D eigenvalue weighted by Gasteiger charge is -1.89. The van der Waals surface area contributed by atoms with Gasteiger partial charge in [0.1, 0.15) is 0 Å². The summed E-state index contributed by atoms with van der Waals surface area (Å²) in [6.45, 7) is 3.80. The lowest BCUT2D eigenvalue weighted by Crippen LogP contribution is -2.02. The minimum atomic E-state index is -0.524. The molecule has 0 N–H and O–H groups in total. The highest BCUT2D eigenvalue weighted by molar-refractivity contribution is 4.95. The van der Waals surface area contributed by atoms with Gasteiger partial charge >= 0.3 is 0 Å². The molecule has 0 saturated carbocycles. The van der Waals surface area contributed by atoms with E-state index in [-0.39, 0.29) is 6.10 Å². The zero-order valence-electron chi connectivity index (χ0n) is 5.53. The van der Waals surface area contributed by atoms with Crippen molar-refractivity contribution in [3.63, 3.8) is 0 Å². The average molecular weight is 127 g/mol. The van der Waals surface area contributed by atoms with Crippen molar-refractivity contribution in [2.45, 2.75) is 32.1 Å². The van der Waals surface area contributed by atoms with Crippen molar-refractivity contribution in [2.24, 2.45) is 5.11 Å². The maximum atomic E-state index is 8.03. The molecule has 2 unspecified atom stereocenters. The molecule has 1 aliphatic rings. The predicted octanol–water partition coefficient (Wildman–Crippen LogP) is 1.82. The van der Waals surface area contributed by atoms with Crippen LogP contribution in [0.3, 0.4) is 0 Å². The monoisotopic (exact) mass is 127 g/mol. The summed E-state index contributed by atoms with van der Waals surface area (Å²) in [6.07, 6.45) is 1.06. The molecule has 0 aromatic heterocycles. The van der Waals surface area contributed by atoms with Crippen LogP contribution in [0.25, 0.3) is 10.4 Å². The number of nitrogens with zero attached hydrogens (tertiary/aromatic N) is 3. The fourth-order valence-corrected chi connectivity index (χ4v) is 0.893. The molecule has 1 saturated heterocycles. The maximum Gasteiger partial charge on any atom is 0.170 e. The molecule has 9 heavy (non-hydrogen) atoms. The number of ether oxygens (including phenoxy) is 1. The summed E-state index contributed by atoms with van der Waals surface area (Å²) in [7, 11) is 0. The van der Waals surface area contributed by atoms with Gasteiger partial charge in [-0.15, -0.1) is 0 Å². The van der Waals surface area contributed by atoms with E-state index in [4.69, 9.17) is 10.3 Å². The highest BCUT2D eigenvalue weighted by Crippen LogP contribution is 2.39. The second-order valence-corrected chi connectivity index (χ2v) is 2.26. The Balaban J connectivity index is 2.51. The first-order chi connectivity index (χ1) is 4.23. The van der Waals surface area contributed by atoms with Gasteiger partial charge in [-0.2, -0.15) is 0 Å². The molecule has 0 aliphatic carbocycles. The quantitative estimate of drug-likeness (QED) is 0.241. The molecule has 1 rings (SSSR count). The van der Waals surface area contributed by atoms with Crippen LogP contribution in [-0.2, 0) is 4.74 Å². The summed E-state index contributed by atoms with van der Waals surface area (Å²) in [5.41, 5.74) is 7.51. The van der Waals surface area contributed by atoms with Crippen molar-refractivity contribution in [2.75, 3.05) is 0 Å². The van der Waals surface area contributed by atoms with E-state index >= 15 is 0 Å². The van der Waals surface area contributed by atoms with Crippen LogP contribution in [0.4, 0.5) is 0 Å². The zero-order valence-corrected chi connectivity index (χ0v) is 5.53. The molecule has 0 aromatic rings. The van der Waals surface area contributed by atoms with Crippen LogP contribution >= 0.6 is 0 Å². The van der Waals surface area contributed by atoms with Crippen molar-refractivity contribution < 1.29 is 4.74 Å². The Morgan fingerprint density at radius 3 is 2.89 bits per heavy atom. The van der Waals surface area contributed by atoms with Crippen LogP contribution in [0.2, 0.25) is 0 Å². The molecule has 4 nitrogen and oxygen atoms in total.